The maximum atomic E-state index is 5.58. The zero-order valence-electron chi connectivity index (χ0n) is 9.25. The number of benzene rings is 1. The van der Waals surface area contributed by atoms with Crippen molar-refractivity contribution in [1.82, 2.24) is 5.32 Å². The molecule has 82 valence electrons. The van der Waals surface area contributed by atoms with Crippen molar-refractivity contribution >= 4 is 0 Å². The number of para-hydroxylation sites is 2. The van der Waals surface area contributed by atoms with E-state index in [1.54, 1.807) is 7.11 Å². The molecule has 0 unspecified atom stereocenters. The maximum absolute atomic E-state index is 5.58. The van der Waals surface area contributed by atoms with Crippen LogP contribution in [0, 0.1) is 0 Å². The van der Waals surface area contributed by atoms with E-state index in [0.717, 1.165) is 23.6 Å². The molecule has 0 saturated carbocycles. The fourth-order valence-electron chi connectivity index (χ4n) is 1.22. The predicted octanol–water partition coefficient (Wildman–Crippen LogP) is 1.85. The Bertz CT molecular complexity index is 323. The van der Waals surface area contributed by atoms with Crippen LogP contribution in [-0.4, -0.2) is 27.3 Å². The Labute approximate surface area is 90.7 Å². The van der Waals surface area contributed by atoms with E-state index in [9.17, 15) is 0 Å². The highest BCUT2D eigenvalue weighted by Gasteiger charge is 2.02. The zero-order valence-corrected chi connectivity index (χ0v) is 9.25. The number of hydrogen-bond acceptors (Lipinski definition) is 3. The van der Waals surface area contributed by atoms with Crippen LogP contribution in [0.15, 0.2) is 36.4 Å². The van der Waals surface area contributed by atoms with Gasteiger partial charge in [0.1, 0.15) is 6.61 Å². The molecule has 3 nitrogen and oxygen atoms in total. The Hall–Kier alpha value is -1.48. The number of hydrogen-bond donors (Lipinski definition) is 1. The Kier molecular flexibility index (Phi) is 4.71. The lowest BCUT2D eigenvalue weighted by atomic mass is 10.3. The lowest BCUT2D eigenvalue weighted by Gasteiger charge is -2.11. The summed E-state index contributed by atoms with van der Waals surface area (Å²) in [5.41, 5.74) is 1.00. The minimum Gasteiger partial charge on any atom is -0.493 e. The summed E-state index contributed by atoms with van der Waals surface area (Å²) in [6.07, 6.45) is 0. The molecule has 0 spiro atoms. The number of ether oxygens (including phenoxy) is 2. The van der Waals surface area contributed by atoms with Crippen molar-refractivity contribution in [1.29, 1.82) is 0 Å². The summed E-state index contributed by atoms with van der Waals surface area (Å²) in [5, 5.41) is 3.02. The molecule has 0 aliphatic heterocycles. The van der Waals surface area contributed by atoms with Crippen LogP contribution in [0.3, 0.4) is 0 Å². The molecule has 15 heavy (non-hydrogen) atoms. The van der Waals surface area contributed by atoms with E-state index >= 15 is 0 Å². The lowest BCUT2D eigenvalue weighted by molar-refractivity contribution is 0.317. The molecule has 0 atom stereocenters. The third-order valence-electron chi connectivity index (χ3n) is 1.93. The van der Waals surface area contributed by atoms with Crippen molar-refractivity contribution in [2.45, 2.75) is 0 Å². The van der Waals surface area contributed by atoms with Gasteiger partial charge in [-0.1, -0.05) is 18.7 Å². The van der Waals surface area contributed by atoms with Gasteiger partial charge in [-0.15, -0.1) is 0 Å². The average Bonchev–Trinajstić information content (AvgIpc) is 2.27. The van der Waals surface area contributed by atoms with Crippen molar-refractivity contribution in [2.24, 2.45) is 0 Å². The first-order valence-corrected chi connectivity index (χ1v) is 4.85. The van der Waals surface area contributed by atoms with Gasteiger partial charge in [0.15, 0.2) is 11.5 Å². The molecule has 0 heterocycles. The molecule has 1 aromatic rings. The minimum absolute atomic E-state index is 0.501. The van der Waals surface area contributed by atoms with Crippen LogP contribution in [0.25, 0.3) is 0 Å². The molecule has 1 aromatic carbocycles. The standard InChI is InChI=1S/C12H17NO2/c1-10(8-13-2)9-15-12-7-5-4-6-11(12)14-3/h4-7,13H,1,8-9H2,2-3H3. The molecule has 1 rings (SSSR count). The highest BCUT2D eigenvalue weighted by Crippen LogP contribution is 2.25. The van der Waals surface area contributed by atoms with Crippen LogP contribution >= 0.6 is 0 Å². The molecular weight excluding hydrogens is 190 g/mol. The fourth-order valence-corrected chi connectivity index (χ4v) is 1.22. The smallest absolute Gasteiger partial charge is 0.161 e. The molecular formula is C12H17NO2. The molecule has 0 aliphatic rings. The molecule has 0 saturated heterocycles. The first kappa shape index (κ1) is 11.6. The Morgan fingerprint density at radius 3 is 2.60 bits per heavy atom. The molecule has 0 fully saturated rings. The Balaban J connectivity index is 2.53. The number of rotatable bonds is 6. The minimum atomic E-state index is 0.501. The molecule has 0 bridgehead atoms. The van der Waals surface area contributed by atoms with Crippen LogP contribution in [0.4, 0.5) is 0 Å². The van der Waals surface area contributed by atoms with Crippen molar-refractivity contribution in [2.75, 3.05) is 27.3 Å². The van der Waals surface area contributed by atoms with E-state index in [1.807, 2.05) is 31.3 Å². The van der Waals surface area contributed by atoms with Crippen LogP contribution in [0.1, 0.15) is 0 Å². The van der Waals surface area contributed by atoms with Gasteiger partial charge in [-0.25, -0.2) is 0 Å². The van der Waals surface area contributed by atoms with E-state index in [0.29, 0.717) is 6.61 Å². The van der Waals surface area contributed by atoms with Crippen molar-refractivity contribution in [3.8, 4) is 11.5 Å². The average molecular weight is 207 g/mol. The van der Waals surface area contributed by atoms with E-state index < -0.39 is 0 Å². The first-order chi connectivity index (χ1) is 7.27. The second kappa shape index (κ2) is 6.09. The second-order valence-corrected chi connectivity index (χ2v) is 3.22. The third kappa shape index (κ3) is 3.64. The lowest BCUT2D eigenvalue weighted by Crippen LogP contribution is -2.14. The normalized spacial score (nSPS) is 9.73. The van der Waals surface area contributed by atoms with Gasteiger partial charge in [-0.05, 0) is 24.8 Å². The molecule has 0 aliphatic carbocycles. The molecule has 1 N–H and O–H groups in total. The van der Waals surface area contributed by atoms with Crippen molar-refractivity contribution < 1.29 is 9.47 Å². The quantitative estimate of drug-likeness (QED) is 0.722. The van der Waals surface area contributed by atoms with Gasteiger partial charge in [-0.2, -0.15) is 0 Å². The zero-order chi connectivity index (χ0) is 11.1. The highest BCUT2D eigenvalue weighted by molar-refractivity contribution is 5.39. The summed E-state index contributed by atoms with van der Waals surface area (Å²) in [6, 6.07) is 7.58. The largest absolute Gasteiger partial charge is 0.493 e. The molecule has 0 aromatic heterocycles. The number of likely N-dealkylation sites (N-methyl/N-ethyl adjacent to an activating group) is 1. The molecule has 0 amide bonds. The van der Waals surface area contributed by atoms with Crippen LogP contribution in [0.5, 0.6) is 11.5 Å². The monoisotopic (exact) mass is 207 g/mol. The summed E-state index contributed by atoms with van der Waals surface area (Å²) in [7, 11) is 3.51. The van der Waals surface area contributed by atoms with E-state index in [-0.39, 0.29) is 0 Å². The topological polar surface area (TPSA) is 30.5 Å². The molecule has 0 radical (unpaired) electrons. The van der Waals surface area contributed by atoms with Gasteiger partial charge >= 0.3 is 0 Å². The van der Waals surface area contributed by atoms with Gasteiger partial charge in [-0.3, -0.25) is 0 Å². The summed E-state index contributed by atoms with van der Waals surface area (Å²) in [6.45, 7) is 5.15. The van der Waals surface area contributed by atoms with E-state index in [2.05, 4.69) is 11.9 Å². The van der Waals surface area contributed by atoms with Gasteiger partial charge in [0.2, 0.25) is 0 Å². The predicted molar refractivity (Wildman–Crippen MR) is 61.6 cm³/mol. The van der Waals surface area contributed by atoms with Gasteiger partial charge < -0.3 is 14.8 Å². The van der Waals surface area contributed by atoms with Crippen LogP contribution in [-0.2, 0) is 0 Å². The van der Waals surface area contributed by atoms with Gasteiger partial charge in [0, 0.05) is 6.54 Å². The second-order valence-electron chi connectivity index (χ2n) is 3.22. The number of nitrogens with one attached hydrogen (secondary N) is 1. The summed E-state index contributed by atoms with van der Waals surface area (Å²) >= 11 is 0. The SMILES string of the molecule is C=C(CNC)COc1ccccc1OC. The Morgan fingerprint density at radius 2 is 2.00 bits per heavy atom. The van der Waals surface area contributed by atoms with Crippen molar-refractivity contribution in [3.63, 3.8) is 0 Å². The van der Waals surface area contributed by atoms with Crippen LogP contribution in [0.2, 0.25) is 0 Å². The van der Waals surface area contributed by atoms with Crippen LogP contribution < -0.4 is 14.8 Å². The summed E-state index contributed by atoms with van der Waals surface area (Å²) < 4.78 is 10.7. The fraction of sp³-hybridized carbons (Fsp3) is 0.333. The first-order valence-electron chi connectivity index (χ1n) is 4.85. The van der Waals surface area contributed by atoms with E-state index in [1.165, 1.54) is 0 Å². The van der Waals surface area contributed by atoms with Gasteiger partial charge in [0.05, 0.1) is 7.11 Å². The number of methoxy groups -OCH3 is 1. The van der Waals surface area contributed by atoms with E-state index in [4.69, 9.17) is 9.47 Å². The molecule has 3 heteroatoms. The third-order valence-corrected chi connectivity index (χ3v) is 1.93. The highest BCUT2D eigenvalue weighted by atomic mass is 16.5. The van der Waals surface area contributed by atoms with Crippen molar-refractivity contribution in [3.05, 3.63) is 36.4 Å². The van der Waals surface area contributed by atoms with Gasteiger partial charge in [0.25, 0.3) is 0 Å². The maximum Gasteiger partial charge on any atom is 0.161 e. The summed E-state index contributed by atoms with van der Waals surface area (Å²) in [4.78, 5) is 0. The summed E-state index contributed by atoms with van der Waals surface area (Å²) in [5.74, 6) is 1.49. The Morgan fingerprint density at radius 1 is 1.33 bits per heavy atom.